The number of amides is 1. The van der Waals surface area contributed by atoms with Gasteiger partial charge in [0.15, 0.2) is 0 Å². The number of hydrogen-bond donors (Lipinski definition) is 2. The van der Waals surface area contributed by atoms with Gasteiger partial charge in [-0.1, -0.05) is 23.8 Å². The average molecular weight is 435 g/mol. The van der Waals surface area contributed by atoms with Crippen LogP contribution in [-0.2, 0) is 10.0 Å². The van der Waals surface area contributed by atoms with Crippen LogP contribution in [0.1, 0.15) is 29.6 Å². The molecule has 1 aliphatic heterocycles. The minimum absolute atomic E-state index is 0.172. The number of halogens is 1. The summed E-state index contributed by atoms with van der Waals surface area (Å²) in [6, 6.07) is 10.5. The molecule has 0 atom stereocenters. The molecule has 152 valence electrons. The monoisotopic (exact) mass is 434 g/mol. The maximum atomic E-state index is 13.7. The molecule has 0 saturated carbocycles. The molecule has 1 amide bonds. The molecule has 29 heavy (non-hydrogen) atoms. The Morgan fingerprint density at radius 3 is 2.48 bits per heavy atom. The first-order valence-corrected chi connectivity index (χ1v) is 11.4. The third-order valence-electron chi connectivity index (χ3n) is 4.72. The quantitative estimate of drug-likeness (QED) is 0.601. The molecule has 2 heterocycles. The molecular formula is C19H19FN4O3S2. The van der Waals surface area contributed by atoms with Crippen LogP contribution in [0.15, 0.2) is 47.4 Å². The van der Waals surface area contributed by atoms with E-state index >= 15 is 0 Å². The van der Waals surface area contributed by atoms with Crippen LogP contribution in [0.4, 0.5) is 9.52 Å². The molecule has 0 bridgehead atoms. The van der Waals surface area contributed by atoms with Crippen LogP contribution in [0.5, 0.6) is 0 Å². The van der Waals surface area contributed by atoms with E-state index in [0.717, 1.165) is 19.3 Å². The number of hydrazine groups is 1. The van der Waals surface area contributed by atoms with Crippen LogP contribution in [0.2, 0.25) is 0 Å². The summed E-state index contributed by atoms with van der Waals surface area (Å²) in [5.41, 5.74) is 5.70. The number of fused-ring (bicyclic) bond motifs is 1. The van der Waals surface area contributed by atoms with E-state index in [1.807, 2.05) is 0 Å². The van der Waals surface area contributed by atoms with E-state index in [1.54, 1.807) is 12.1 Å². The summed E-state index contributed by atoms with van der Waals surface area (Å²) < 4.78 is 41.2. The molecule has 0 aliphatic carbocycles. The van der Waals surface area contributed by atoms with Crippen molar-refractivity contribution in [1.82, 2.24) is 14.7 Å². The Hall–Kier alpha value is -2.56. The Kier molecular flexibility index (Phi) is 5.48. The van der Waals surface area contributed by atoms with Gasteiger partial charge in [-0.25, -0.2) is 17.8 Å². The van der Waals surface area contributed by atoms with Crippen LogP contribution in [0.25, 0.3) is 10.2 Å². The van der Waals surface area contributed by atoms with Crippen LogP contribution >= 0.6 is 11.3 Å². The minimum atomic E-state index is -3.54. The molecule has 7 nitrogen and oxygen atoms in total. The smallest absolute Gasteiger partial charge is 0.269 e. The number of hydrogen-bond acceptors (Lipinski definition) is 6. The molecule has 1 aromatic heterocycles. The van der Waals surface area contributed by atoms with Gasteiger partial charge in [0.25, 0.3) is 5.91 Å². The van der Waals surface area contributed by atoms with Crippen molar-refractivity contribution < 1.29 is 17.6 Å². The van der Waals surface area contributed by atoms with Crippen molar-refractivity contribution in [3.05, 3.63) is 53.8 Å². The number of carbonyl (C=O) groups is 1. The highest BCUT2D eigenvalue weighted by atomic mass is 32.2. The summed E-state index contributed by atoms with van der Waals surface area (Å²) in [7, 11) is -3.54. The molecule has 1 fully saturated rings. The zero-order valence-electron chi connectivity index (χ0n) is 15.4. The zero-order valence-corrected chi connectivity index (χ0v) is 17.0. The molecule has 0 unspecified atom stereocenters. The molecule has 10 heteroatoms. The largest absolute Gasteiger partial charge is 0.273 e. The number of piperidine rings is 1. The van der Waals surface area contributed by atoms with E-state index in [9.17, 15) is 17.6 Å². The summed E-state index contributed by atoms with van der Waals surface area (Å²) in [5, 5.41) is 0.350. The summed E-state index contributed by atoms with van der Waals surface area (Å²) in [6.45, 7) is 1.05. The van der Waals surface area contributed by atoms with Gasteiger partial charge in [0.05, 0.1) is 9.60 Å². The fraction of sp³-hybridized carbons (Fsp3) is 0.263. The second-order valence-electron chi connectivity index (χ2n) is 6.67. The number of para-hydroxylation sites is 1. The van der Waals surface area contributed by atoms with Gasteiger partial charge in [0.2, 0.25) is 15.2 Å². The fourth-order valence-corrected chi connectivity index (χ4v) is 5.53. The number of rotatable bonds is 5. The summed E-state index contributed by atoms with van der Waals surface area (Å²) in [5.74, 6) is -0.879. The Balaban J connectivity index is 1.43. The number of benzene rings is 2. The average Bonchev–Trinajstić information content (AvgIpc) is 3.17. The molecular weight excluding hydrogens is 415 g/mol. The first kappa shape index (κ1) is 19.7. The molecule has 0 spiro atoms. The Labute approximate surface area is 171 Å². The highest BCUT2D eigenvalue weighted by Gasteiger charge is 2.25. The third-order valence-corrected chi connectivity index (χ3v) is 7.57. The normalized spacial score (nSPS) is 15.3. The van der Waals surface area contributed by atoms with Crippen molar-refractivity contribution in [2.45, 2.75) is 24.2 Å². The van der Waals surface area contributed by atoms with E-state index in [-0.39, 0.29) is 10.4 Å². The van der Waals surface area contributed by atoms with E-state index < -0.39 is 21.7 Å². The van der Waals surface area contributed by atoms with Crippen molar-refractivity contribution in [2.75, 3.05) is 18.5 Å². The lowest BCUT2D eigenvalue weighted by molar-refractivity contribution is 0.0962. The first-order valence-electron chi connectivity index (χ1n) is 9.17. The second-order valence-corrected chi connectivity index (χ2v) is 9.64. The number of aromatic nitrogens is 1. The van der Waals surface area contributed by atoms with Crippen molar-refractivity contribution in [3.8, 4) is 0 Å². The predicted molar refractivity (Wildman–Crippen MR) is 110 cm³/mol. The van der Waals surface area contributed by atoms with Crippen molar-refractivity contribution in [2.24, 2.45) is 0 Å². The Bertz CT molecular complexity index is 1140. The first-order chi connectivity index (χ1) is 13.9. The maximum Gasteiger partial charge on any atom is 0.269 e. The van der Waals surface area contributed by atoms with Crippen LogP contribution < -0.4 is 10.9 Å². The molecule has 2 N–H and O–H groups in total. The fourth-order valence-electron chi connectivity index (χ4n) is 3.18. The van der Waals surface area contributed by atoms with E-state index in [2.05, 4.69) is 15.8 Å². The molecule has 3 aromatic rings. The summed E-state index contributed by atoms with van der Waals surface area (Å²) in [6.07, 6.45) is 2.77. The molecule has 2 aromatic carbocycles. The van der Waals surface area contributed by atoms with Crippen molar-refractivity contribution >= 4 is 42.6 Å². The van der Waals surface area contributed by atoms with E-state index in [4.69, 9.17) is 0 Å². The number of nitrogens with one attached hydrogen (secondary N) is 2. The Morgan fingerprint density at radius 1 is 1.07 bits per heavy atom. The van der Waals surface area contributed by atoms with Gasteiger partial charge in [-0.05, 0) is 49.2 Å². The van der Waals surface area contributed by atoms with Crippen molar-refractivity contribution in [1.29, 1.82) is 0 Å². The summed E-state index contributed by atoms with van der Waals surface area (Å²) >= 11 is 1.21. The van der Waals surface area contributed by atoms with Crippen molar-refractivity contribution in [3.63, 3.8) is 0 Å². The Morgan fingerprint density at radius 2 is 1.79 bits per heavy atom. The summed E-state index contributed by atoms with van der Waals surface area (Å²) in [4.78, 5) is 16.6. The van der Waals surface area contributed by atoms with Crippen LogP contribution in [0.3, 0.4) is 0 Å². The maximum absolute atomic E-state index is 13.7. The van der Waals surface area contributed by atoms with Crippen LogP contribution in [-0.4, -0.2) is 36.7 Å². The lowest BCUT2D eigenvalue weighted by Gasteiger charge is -2.25. The predicted octanol–water partition coefficient (Wildman–Crippen LogP) is 3.37. The lowest BCUT2D eigenvalue weighted by atomic mass is 10.2. The lowest BCUT2D eigenvalue weighted by Crippen LogP contribution is -2.35. The highest BCUT2D eigenvalue weighted by molar-refractivity contribution is 7.89. The number of carbonyl (C=O) groups excluding carboxylic acids is 1. The molecule has 0 radical (unpaired) electrons. The van der Waals surface area contributed by atoms with Gasteiger partial charge < -0.3 is 0 Å². The zero-order chi connectivity index (χ0) is 20.4. The van der Waals surface area contributed by atoms with E-state index in [0.29, 0.717) is 28.5 Å². The minimum Gasteiger partial charge on any atom is -0.273 e. The van der Waals surface area contributed by atoms with Gasteiger partial charge in [-0.15, -0.1) is 0 Å². The molecule has 4 rings (SSSR count). The van der Waals surface area contributed by atoms with Gasteiger partial charge in [-0.3, -0.25) is 15.6 Å². The van der Waals surface area contributed by atoms with Gasteiger partial charge in [-0.2, -0.15) is 4.31 Å². The number of nitrogens with zero attached hydrogens (tertiary/aromatic N) is 2. The van der Waals surface area contributed by atoms with Gasteiger partial charge in [0, 0.05) is 18.7 Å². The molecule has 1 saturated heterocycles. The van der Waals surface area contributed by atoms with Gasteiger partial charge >= 0.3 is 0 Å². The standard InChI is InChI=1S/C19H19FN4O3S2/c20-15-5-4-6-16-17(15)21-19(28-16)23-22-18(25)13-7-9-14(10-8-13)29(26,27)24-11-2-1-3-12-24/h4-10H,1-3,11-12H2,(H,21,23)(H,22,25). The SMILES string of the molecule is O=C(NNc1nc2c(F)cccc2s1)c1ccc(S(=O)(=O)N2CCCCC2)cc1. The topological polar surface area (TPSA) is 91.4 Å². The molecule has 1 aliphatic rings. The number of anilines is 1. The van der Waals surface area contributed by atoms with E-state index in [1.165, 1.54) is 46.0 Å². The van der Waals surface area contributed by atoms with Gasteiger partial charge in [0.1, 0.15) is 11.3 Å². The van der Waals surface area contributed by atoms with Crippen LogP contribution in [0, 0.1) is 5.82 Å². The number of sulfonamides is 1. The number of thiazole rings is 1. The highest BCUT2D eigenvalue weighted by Crippen LogP contribution is 2.27. The second kappa shape index (κ2) is 8.05. The third kappa shape index (κ3) is 4.09.